The summed E-state index contributed by atoms with van der Waals surface area (Å²) in [5.74, 6) is -0.0847. The molecule has 0 aliphatic rings. The zero-order valence-electron chi connectivity index (χ0n) is 9.12. The number of H-pyrrole nitrogens is 1. The zero-order valence-corrected chi connectivity index (χ0v) is 9.12. The minimum atomic E-state index is -0.352. The molecule has 0 saturated carbocycles. The minimum absolute atomic E-state index is 0.267. The molecule has 3 N–H and O–H groups in total. The molecule has 0 spiro atoms. The Morgan fingerprint density at radius 2 is 2.24 bits per heavy atom. The van der Waals surface area contributed by atoms with Crippen LogP contribution in [0, 0.1) is 12.7 Å². The van der Waals surface area contributed by atoms with E-state index in [0.29, 0.717) is 16.6 Å². The maximum Gasteiger partial charge on any atom is 0.192 e. The lowest BCUT2D eigenvalue weighted by molar-refractivity contribution is 0.430. The molecule has 1 aromatic carbocycles. The Balaban J connectivity index is 2.31. The van der Waals surface area contributed by atoms with Gasteiger partial charge in [0.05, 0.1) is 11.8 Å². The molecule has 3 rings (SSSR count). The normalized spacial score (nSPS) is 11.2. The highest BCUT2D eigenvalue weighted by molar-refractivity contribution is 5.87. The van der Waals surface area contributed by atoms with Crippen molar-refractivity contribution in [3.8, 4) is 11.3 Å². The second-order valence-electron chi connectivity index (χ2n) is 3.95. The first-order valence-electron chi connectivity index (χ1n) is 5.15. The molecular formula is C12H10FN3O. The van der Waals surface area contributed by atoms with Crippen molar-refractivity contribution in [1.82, 2.24) is 10.1 Å². The van der Waals surface area contributed by atoms with Gasteiger partial charge in [-0.25, -0.2) is 4.39 Å². The van der Waals surface area contributed by atoms with Gasteiger partial charge in [0.2, 0.25) is 0 Å². The van der Waals surface area contributed by atoms with Crippen molar-refractivity contribution < 1.29 is 8.91 Å². The maximum atomic E-state index is 14.3. The lowest BCUT2D eigenvalue weighted by Gasteiger charge is -2.00. The Bertz CT molecular complexity index is 699. The molecule has 0 aliphatic heterocycles. The van der Waals surface area contributed by atoms with Crippen LogP contribution in [-0.4, -0.2) is 10.1 Å². The van der Waals surface area contributed by atoms with E-state index in [1.54, 1.807) is 18.2 Å². The molecule has 0 saturated heterocycles. The Kier molecular flexibility index (Phi) is 1.95. The fourth-order valence-corrected chi connectivity index (χ4v) is 1.94. The summed E-state index contributed by atoms with van der Waals surface area (Å²) in [6.45, 7) is 1.88. The number of nitrogens with zero attached hydrogens (tertiary/aromatic N) is 1. The van der Waals surface area contributed by atoms with Crippen molar-refractivity contribution in [2.24, 2.45) is 0 Å². The van der Waals surface area contributed by atoms with Gasteiger partial charge >= 0.3 is 0 Å². The fraction of sp³-hybridized carbons (Fsp3) is 0.0833. The molecular weight excluding hydrogens is 221 g/mol. The smallest absolute Gasteiger partial charge is 0.192 e. The molecule has 86 valence electrons. The summed E-state index contributed by atoms with van der Waals surface area (Å²) in [6.07, 6.45) is 1.36. The molecule has 4 nitrogen and oxygen atoms in total. The van der Waals surface area contributed by atoms with Crippen LogP contribution < -0.4 is 5.73 Å². The average molecular weight is 231 g/mol. The predicted molar refractivity (Wildman–Crippen MR) is 62.9 cm³/mol. The third-order valence-corrected chi connectivity index (χ3v) is 2.72. The van der Waals surface area contributed by atoms with Crippen LogP contribution >= 0.6 is 0 Å². The van der Waals surface area contributed by atoms with Crippen LogP contribution in [0.25, 0.3) is 22.2 Å². The van der Waals surface area contributed by atoms with Gasteiger partial charge in [-0.15, -0.1) is 0 Å². The molecule has 0 radical (unpaired) electrons. The molecule has 0 unspecified atom stereocenters. The van der Waals surface area contributed by atoms with E-state index in [1.165, 1.54) is 6.20 Å². The summed E-state index contributed by atoms with van der Waals surface area (Å²) in [4.78, 5) is 3.07. The summed E-state index contributed by atoms with van der Waals surface area (Å²) in [6, 6.07) is 5.17. The highest BCUT2D eigenvalue weighted by Gasteiger charge is 2.16. The van der Waals surface area contributed by atoms with Crippen LogP contribution in [0.3, 0.4) is 0 Å². The SMILES string of the molecule is Cc1cc2c(F)c(-c3oncc3N)ccc2[nH]1. The van der Waals surface area contributed by atoms with E-state index in [4.69, 9.17) is 10.3 Å². The van der Waals surface area contributed by atoms with E-state index >= 15 is 0 Å². The number of anilines is 1. The van der Waals surface area contributed by atoms with Crippen molar-refractivity contribution >= 4 is 16.6 Å². The number of halogens is 1. The number of aromatic nitrogens is 2. The standard InChI is InChI=1S/C12H10FN3O/c1-6-4-8-10(16-6)3-2-7(11(8)13)12-9(14)5-15-17-12/h2-5,16H,14H2,1H3. The lowest BCUT2D eigenvalue weighted by Crippen LogP contribution is -1.88. The van der Waals surface area contributed by atoms with Crippen molar-refractivity contribution in [3.05, 3.63) is 35.9 Å². The summed E-state index contributed by atoms with van der Waals surface area (Å²) in [7, 11) is 0. The molecule has 5 heteroatoms. The van der Waals surface area contributed by atoms with E-state index in [-0.39, 0.29) is 11.6 Å². The Hall–Kier alpha value is -2.30. The maximum absolute atomic E-state index is 14.3. The van der Waals surface area contributed by atoms with Crippen molar-refractivity contribution in [1.29, 1.82) is 0 Å². The van der Waals surface area contributed by atoms with Gasteiger partial charge < -0.3 is 15.2 Å². The van der Waals surface area contributed by atoms with Gasteiger partial charge in [-0.05, 0) is 25.1 Å². The molecule has 0 amide bonds. The van der Waals surface area contributed by atoms with E-state index < -0.39 is 0 Å². The van der Waals surface area contributed by atoms with E-state index in [0.717, 1.165) is 11.2 Å². The number of benzene rings is 1. The third kappa shape index (κ3) is 1.39. The number of hydrogen-bond acceptors (Lipinski definition) is 3. The lowest BCUT2D eigenvalue weighted by atomic mass is 10.1. The first kappa shape index (κ1) is 9.89. The highest BCUT2D eigenvalue weighted by Crippen LogP contribution is 2.32. The second-order valence-corrected chi connectivity index (χ2v) is 3.95. The molecule has 0 fully saturated rings. The van der Waals surface area contributed by atoms with E-state index in [2.05, 4.69) is 10.1 Å². The predicted octanol–water partition coefficient (Wildman–Crippen LogP) is 2.85. The number of rotatable bonds is 1. The Labute approximate surface area is 96.2 Å². The van der Waals surface area contributed by atoms with Crippen molar-refractivity contribution in [2.75, 3.05) is 5.73 Å². The number of hydrogen-bond donors (Lipinski definition) is 2. The summed E-state index contributed by atoms with van der Waals surface area (Å²) < 4.78 is 19.2. The van der Waals surface area contributed by atoms with Crippen molar-refractivity contribution in [2.45, 2.75) is 6.92 Å². The molecule has 2 aromatic heterocycles. The zero-order chi connectivity index (χ0) is 12.0. The van der Waals surface area contributed by atoms with Gasteiger partial charge in [0.15, 0.2) is 5.76 Å². The van der Waals surface area contributed by atoms with Crippen LogP contribution in [0.15, 0.2) is 28.9 Å². The molecule has 3 aromatic rings. The molecule has 2 heterocycles. The third-order valence-electron chi connectivity index (χ3n) is 2.72. The molecule has 0 bridgehead atoms. The molecule has 0 aliphatic carbocycles. The number of nitrogens with two attached hydrogens (primary N) is 1. The van der Waals surface area contributed by atoms with Gasteiger partial charge in [-0.2, -0.15) is 0 Å². The quantitative estimate of drug-likeness (QED) is 0.676. The number of nitrogen functional groups attached to an aromatic ring is 1. The minimum Gasteiger partial charge on any atom is -0.394 e. The topological polar surface area (TPSA) is 67.8 Å². The van der Waals surface area contributed by atoms with Gasteiger partial charge in [-0.1, -0.05) is 5.16 Å². The average Bonchev–Trinajstić information content (AvgIpc) is 2.85. The van der Waals surface area contributed by atoms with Gasteiger partial charge in [-0.3, -0.25) is 0 Å². The van der Waals surface area contributed by atoms with Gasteiger partial charge in [0, 0.05) is 16.6 Å². The number of aryl methyl sites for hydroxylation is 1. The summed E-state index contributed by atoms with van der Waals surface area (Å²) >= 11 is 0. The van der Waals surface area contributed by atoms with E-state index in [1.807, 2.05) is 6.92 Å². The van der Waals surface area contributed by atoms with Gasteiger partial charge in [0.25, 0.3) is 0 Å². The number of aromatic amines is 1. The molecule has 17 heavy (non-hydrogen) atoms. The monoisotopic (exact) mass is 231 g/mol. The van der Waals surface area contributed by atoms with Crippen LogP contribution in [0.5, 0.6) is 0 Å². The number of fused-ring (bicyclic) bond motifs is 1. The first-order valence-corrected chi connectivity index (χ1v) is 5.15. The summed E-state index contributed by atoms with van der Waals surface area (Å²) in [5.41, 5.74) is 7.97. The first-order chi connectivity index (χ1) is 8.16. The Morgan fingerprint density at radius 3 is 2.94 bits per heavy atom. The van der Waals surface area contributed by atoms with Crippen LogP contribution in [0.4, 0.5) is 10.1 Å². The largest absolute Gasteiger partial charge is 0.394 e. The van der Waals surface area contributed by atoms with Crippen molar-refractivity contribution in [3.63, 3.8) is 0 Å². The highest BCUT2D eigenvalue weighted by atomic mass is 19.1. The summed E-state index contributed by atoms with van der Waals surface area (Å²) in [5, 5.41) is 4.07. The van der Waals surface area contributed by atoms with Crippen LogP contribution in [0.1, 0.15) is 5.69 Å². The fourth-order valence-electron chi connectivity index (χ4n) is 1.94. The van der Waals surface area contributed by atoms with E-state index in [9.17, 15) is 4.39 Å². The Morgan fingerprint density at radius 1 is 1.41 bits per heavy atom. The van der Waals surface area contributed by atoms with Crippen LogP contribution in [0.2, 0.25) is 0 Å². The van der Waals surface area contributed by atoms with Crippen LogP contribution in [-0.2, 0) is 0 Å². The molecule has 0 atom stereocenters. The number of nitrogens with one attached hydrogen (secondary N) is 1. The second kappa shape index (κ2) is 3.35. The van der Waals surface area contributed by atoms with Gasteiger partial charge in [0.1, 0.15) is 11.5 Å².